The van der Waals surface area contributed by atoms with Crippen molar-refractivity contribution in [2.24, 2.45) is 5.92 Å². The number of pyridine rings is 1. The smallest absolute Gasteiger partial charge is 0.0343 e. The lowest BCUT2D eigenvalue weighted by Crippen LogP contribution is -2.22. The summed E-state index contributed by atoms with van der Waals surface area (Å²) in [7, 11) is 0. The van der Waals surface area contributed by atoms with Gasteiger partial charge in [-0.3, -0.25) is 4.98 Å². The van der Waals surface area contributed by atoms with Crippen molar-refractivity contribution in [1.82, 2.24) is 10.3 Å². The Balaban J connectivity index is 1.90. The number of aryl methyl sites for hydroxylation is 1. The molecule has 1 fully saturated rings. The average Bonchev–Trinajstić information content (AvgIpc) is 2.76. The minimum atomic E-state index is 0.695. The van der Waals surface area contributed by atoms with Crippen LogP contribution in [0, 0.1) is 12.8 Å². The molecular formula is C13H16N2. The topological polar surface area (TPSA) is 24.9 Å². The van der Waals surface area contributed by atoms with E-state index in [2.05, 4.69) is 29.4 Å². The second-order valence-electron chi connectivity index (χ2n) is 4.66. The van der Waals surface area contributed by atoms with E-state index in [1.807, 2.05) is 12.4 Å². The van der Waals surface area contributed by atoms with E-state index in [0.29, 0.717) is 6.04 Å². The van der Waals surface area contributed by atoms with Crippen LogP contribution in [0.25, 0.3) is 5.57 Å². The van der Waals surface area contributed by atoms with Crippen molar-refractivity contribution in [3.63, 3.8) is 0 Å². The number of hydrogen-bond donors (Lipinski definition) is 1. The zero-order chi connectivity index (χ0) is 10.3. The summed E-state index contributed by atoms with van der Waals surface area (Å²) in [4.78, 5) is 4.26. The second kappa shape index (κ2) is 3.46. The zero-order valence-corrected chi connectivity index (χ0v) is 9.03. The number of hydrogen-bond acceptors (Lipinski definition) is 2. The minimum Gasteiger partial charge on any atom is -0.313 e. The zero-order valence-electron chi connectivity index (χ0n) is 9.03. The highest BCUT2D eigenvalue weighted by molar-refractivity contribution is 5.68. The summed E-state index contributed by atoms with van der Waals surface area (Å²) in [6.07, 6.45) is 8.82. The molecular weight excluding hydrogens is 184 g/mol. The van der Waals surface area contributed by atoms with Crippen molar-refractivity contribution < 1.29 is 0 Å². The maximum atomic E-state index is 4.26. The molecule has 1 aromatic heterocycles. The Morgan fingerprint density at radius 1 is 1.40 bits per heavy atom. The van der Waals surface area contributed by atoms with E-state index < -0.39 is 0 Å². The Morgan fingerprint density at radius 2 is 2.33 bits per heavy atom. The number of nitrogens with one attached hydrogen (secondary N) is 1. The first-order chi connectivity index (χ1) is 7.33. The molecule has 1 saturated heterocycles. The Morgan fingerprint density at radius 3 is 3.13 bits per heavy atom. The van der Waals surface area contributed by atoms with Gasteiger partial charge in [0.15, 0.2) is 0 Å². The number of rotatable bonds is 1. The summed E-state index contributed by atoms with van der Waals surface area (Å²) in [5.74, 6) is 0.764. The van der Waals surface area contributed by atoms with Gasteiger partial charge in [-0.1, -0.05) is 6.08 Å². The van der Waals surface area contributed by atoms with E-state index >= 15 is 0 Å². The van der Waals surface area contributed by atoms with E-state index in [1.165, 1.54) is 36.1 Å². The maximum Gasteiger partial charge on any atom is 0.0343 e. The standard InChI is InChI=1S/C13H16N2/c1-9-4-12(8-14-7-9)11-5-10-2-3-15-13(10)6-11/h4-5,7-8,10,13,15H,2-3,6H2,1H3. The summed E-state index contributed by atoms with van der Waals surface area (Å²) < 4.78 is 0. The molecule has 78 valence electrons. The molecule has 2 nitrogen and oxygen atoms in total. The monoisotopic (exact) mass is 200 g/mol. The minimum absolute atomic E-state index is 0.695. The average molecular weight is 200 g/mol. The normalized spacial score (nSPS) is 29.0. The molecule has 0 radical (unpaired) electrons. The van der Waals surface area contributed by atoms with Gasteiger partial charge in [-0.15, -0.1) is 0 Å². The van der Waals surface area contributed by atoms with Crippen LogP contribution in [0.3, 0.4) is 0 Å². The molecule has 1 aliphatic heterocycles. The predicted octanol–water partition coefficient (Wildman–Crippen LogP) is 2.16. The Labute approximate surface area is 90.4 Å². The first-order valence-corrected chi connectivity index (χ1v) is 5.69. The van der Waals surface area contributed by atoms with Gasteiger partial charge in [0.25, 0.3) is 0 Å². The van der Waals surface area contributed by atoms with Gasteiger partial charge in [0.2, 0.25) is 0 Å². The van der Waals surface area contributed by atoms with Crippen LogP contribution in [0.2, 0.25) is 0 Å². The summed E-state index contributed by atoms with van der Waals surface area (Å²) >= 11 is 0. The quantitative estimate of drug-likeness (QED) is 0.751. The van der Waals surface area contributed by atoms with Gasteiger partial charge in [-0.2, -0.15) is 0 Å². The summed E-state index contributed by atoms with van der Waals surface area (Å²) in [6.45, 7) is 3.29. The lowest BCUT2D eigenvalue weighted by Gasteiger charge is -2.08. The summed E-state index contributed by atoms with van der Waals surface area (Å²) in [5, 5.41) is 3.56. The third-order valence-electron chi connectivity index (χ3n) is 3.50. The van der Waals surface area contributed by atoms with Crippen molar-refractivity contribution in [3.8, 4) is 0 Å². The van der Waals surface area contributed by atoms with Gasteiger partial charge in [0.1, 0.15) is 0 Å². The van der Waals surface area contributed by atoms with Crippen LogP contribution < -0.4 is 5.32 Å². The van der Waals surface area contributed by atoms with Crippen molar-refractivity contribution in [1.29, 1.82) is 0 Å². The molecule has 1 aliphatic carbocycles. The van der Waals surface area contributed by atoms with Crippen LogP contribution in [-0.2, 0) is 0 Å². The van der Waals surface area contributed by atoms with Crippen molar-refractivity contribution in [3.05, 3.63) is 35.7 Å². The van der Waals surface area contributed by atoms with Crippen molar-refractivity contribution in [2.45, 2.75) is 25.8 Å². The molecule has 2 unspecified atom stereocenters. The fourth-order valence-electron chi connectivity index (χ4n) is 2.72. The van der Waals surface area contributed by atoms with Gasteiger partial charge < -0.3 is 5.32 Å². The molecule has 3 rings (SSSR count). The third-order valence-corrected chi connectivity index (χ3v) is 3.50. The number of fused-ring (bicyclic) bond motifs is 1. The fourth-order valence-corrected chi connectivity index (χ4v) is 2.72. The van der Waals surface area contributed by atoms with Crippen LogP contribution >= 0.6 is 0 Å². The molecule has 1 aromatic rings. The second-order valence-corrected chi connectivity index (χ2v) is 4.66. The van der Waals surface area contributed by atoms with Crippen LogP contribution in [0.15, 0.2) is 24.5 Å². The lowest BCUT2D eigenvalue weighted by molar-refractivity contribution is 0.563. The summed E-state index contributed by atoms with van der Waals surface area (Å²) in [6, 6.07) is 2.93. The highest BCUT2D eigenvalue weighted by Gasteiger charge is 2.31. The van der Waals surface area contributed by atoms with Crippen LogP contribution in [-0.4, -0.2) is 17.6 Å². The van der Waals surface area contributed by atoms with Gasteiger partial charge in [0.05, 0.1) is 0 Å². The molecule has 0 aromatic carbocycles. The lowest BCUT2D eigenvalue weighted by atomic mass is 10.0. The Bertz CT molecular complexity index is 409. The number of aromatic nitrogens is 1. The first-order valence-electron chi connectivity index (χ1n) is 5.69. The molecule has 0 saturated carbocycles. The highest BCUT2D eigenvalue weighted by atomic mass is 15.0. The Kier molecular flexibility index (Phi) is 2.10. The van der Waals surface area contributed by atoms with E-state index in [-0.39, 0.29) is 0 Å². The molecule has 2 heteroatoms. The number of nitrogens with zero attached hydrogens (tertiary/aromatic N) is 1. The molecule has 0 amide bonds. The molecule has 0 bridgehead atoms. The van der Waals surface area contributed by atoms with E-state index in [4.69, 9.17) is 0 Å². The van der Waals surface area contributed by atoms with Gasteiger partial charge in [-0.25, -0.2) is 0 Å². The van der Waals surface area contributed by atoms with Crippen LogP contribution in [0.4, 0.5) is 0 Å². The van der Waals surface area contributed by atoms with Crippen LogP contribution in [0.1, 0.15) is 24.0 Å². The Hall–Kier alpha value is -1.15. The molecule has 1 N–H and O–H groups in total. The largest absolute Gasteiger partial charge is 0.313 e. The molecule has 0 spiro atoms. The molecule has 2 heterocycles. The van der Waals surface area contributed by atoms with Gasteiger partial charge in [-0.05, 0) is 55.0 Å². The van der Waals surface area contributed by atoms with Crippen LogP contribution in [0.5, 0.6) is 0 Å². The van der Waals surface area contributed by atoms with Crippen molar-refractivity contribution in [2.75, 3.05) is 6.54 Å². The van der Waals surface area contributed by atoms with E-state index in [9.17, 15) is 0 Å². The SMILES string of the molecule is Cc1cncc(C2=CC3CCNC3C2)c1. The summed E-state index contributed by atoms with van der Waals surface area (Å²) in [5.41, 5.74) is 4.04. The third kappa shape index (κ3) is 1.59. The first kappa shape index (κ1) is 9.10. The fraction of sp³-hybridized carbons (Fsp3) is 0.462. The maximum absolute atomic E-state index is 4.26. The van der Waals surface area contributed by atoms with Crippen molar-refractivity contribution >= 4 is 5.57 Å². The molecule has 2 atom stereocenters. The molecule has 15 heavy (non-hydrogen) atoms. The highest BCUT2D eigenvalue weighted by Crippen LogP contribution is 2.35. The van der Waals surface area contributed by atoms with E-state index in [0.717, 1.165) is 5.92 Å². The predicted molar refractivity (Wildman–Crippen MR) is 61.5 cm³/mol. The van der Waals surface area contributed by atoms with Gasteiger partial charge >= 0.3 is 0 Å². The molecule has 2 aliphatic rings. The van der Waals surface area contributed by atoms with Gasteiger partial charge in [0, 0.05) is 18.4 Å². The van der Waals surface area contributed by atoms with E-state index in [1.54, 1.807) is 0 Å².